The van der Waals surface area contributed by atoms with Crippen LogP contribution in [-0.4, -0.2) is 5.91 Å². The number of hydrogen-bond donors (Lipinski definition) is 1. The Kier molecular flexibility index (Phi) is 3.90. The first-order valence-electron chi connectivity index (χ1n) is 4.27. The highest BCUT2D eigenvalue weighted by molar-refractivity contribution is 6.32. The standard InChI is InChI=1S/C11H9ClN2O/c1-8(15)14-11(6-7-13)9-4-2-3-5-10(9)12/h2-6H,1H3,(H,14,15)/b11-6+. The molecule has 0 heterocycles. The molecular weight excluding hydrogens is 212 g/mol. The number of nitrogens with zero attached hydrogens (tertiary/aromatic N) is 1. The van der Waals surface area contributed by atoms with Gasteiger partial charge in [0.2, 0.25) is 5.91 Å². The smallest absolute Gasteiger partial charge is 0.221 e. The van der Waals surface area contributed by atoms with Crippen LogP contribution in [0, 0.1) is 11.3 Å². The molecule has 3 nitrogen and oxygen atoms in total. The lowest BCUT2D eigenvalue weighted by Gasteiger charge is -2.08. The summed E-state index contributed by atoms with van der Waals surface area (Å²) in [5.41, 5.74) is 1.05. The monoisotopic (exact) mass is 220 g/mol. The van der Waals surface area contributed by atoms with Crippen LogP contribution in [0.5, 0.6) is 0 Å². The number of allylic oxidation sites excluding steroid dienone is 1. The molecule has 4 heteroatoms. The first-order chi connectivity index (χ1) is 7.15. The summed E-state index contributed by atoms with van der Waals surface area (Å²) in [6, 6.07) is 8.87. The average molecular weight is 221 g/mol. The van der Waals surface area contributed by atoms with Crippen molar-refractivity contribution in [2.75, 3.05) is 0 Å². The number of rotatable bonds is 2. The van der Waals surface area contributed by atoms with E-state index in [1.165, 1.54) is 13.0 Å². The van der Waals surface area contributed by atoms with E-state index in [0.717, 1.165) is 0 Å². The molecule has 0 fully saturated rings. The summed E-state index contributed by atoms with van der Waals surface area (Å²) in [5, 5.41) is 11.6. The predicted molar refractivity (Wildman–Crippen MR) is 58.9 cm³/mol. The number of carbonyl (C=O) groups excluding carboxylic acids is 1. The Hall–Kier alpha value is -1.79. The molecule has 0 aliphatic rings. The van der Waals surface area contributed by atoms with Crippen molar-refractivity contribution in [2.24, 2.45) is 0 Å². The van der Waals surface area contributed by atoms with Gasteiger partial charge in [-0.1, -0.05) is 29.8 Å². The number of halogens is 1. The zero-order valence-electron chi connectivity index (χ0n) is 8.12. The summed E-state index contributed by atoms with van der Waals surface area (Å²) in [4.78, 5) is 10.9. The van der Waals surface area contributed by atoms with Crippen LogP contribution in [0.4, 0.5) is 0 Å². The number of nitriles is 1. The highest BCUT2D eigenvalue weighted by Gasteiger charge is 2.06. The molecule has 1 amide bonds. The van der Waals surface area contributed by atoms with E-state index in [1.807, 2.05) is 6.07 Å². The zero-order chi connectivity index (χ0) is 11.3. The van der Waals surface area contributed by atoms with Gasteiger partial charge in [-0.25, -0.2) is 0 Å². The first kappa shape index (κ1) is 11.3. The van der Waals surface area contributed by atoms with Crippen molar-refractivity contribution in [3.05, 3.63) is 40.9 Å². The Morgan fingerprint density at radius 2 is 2.20 bits per heavy atom. The van der Waals surface area contributed by atoms with Gasteiger partial charge in [-0.15, -0.1) is 0 Å². The summed E-state index contributed by atoms with van der Waals surface area (Å²) in [5.74, 6) is -0.239. The second-order valence-corrected chi connectivity index (χ2v) is 3.26. The largest absolute Gasteiger partial charge is 0.325 e. The fourth-order valence-electron chi connectivity index (χ4n) is 1.12. The molecule has 1 aromatic rings. The van der Waals surface area contributed by atoms with E-state index in [-0.39, 0.29) is 5.91 Å². The maximum absolute atomic E-state index is 10.9. The molecule has 0 spiro atoms. The molecule has 1 rings (SSSR count). The van der Waals surface area contributed by atoms with E-state index in [1.54, 1.807) is 24.3 Å². The highest BCUT2D eigenvalue weighted by Crippen LogP contribution is 2.21. The van der Waals surface area contributed by atoms with Gasteiger partial charge in [-0.05, 0) is 6.07 Å². The molecule has 0 atom stereocenters. The lowest BCUT2D eigenvalue weighted by Crippen LogP contribution is -2.18. The van der Waals surface area contributed by atoms with Crippen LogP contribution < -0.4 is 5.32 Å². The topological polar surface area (TPSA) is 52.9 Å². The second kappa shape index (κ2) is 5.18. The molecule has 76 valence electrons. The second-order valence-electron chi connectivity index (χ2n) is 2.85. The molecule has 0 saturated heterocycles. The minimum Gasteiger partial charge on any atom is -0.325 e. The lowest BCUT2D eigenvalue weighted by atomic mass is 10.1. The number of carbonyl (C=O) groups is 1. The molecule has 1 aromatic carbocycles. The first-order valence-corrected chi connectivity index (χ1v) is 4.65. The number of amides is 1. The van der Waals surface area contributed by atoms with Crippen molar-refractivity contribution in [2.45, 2.75) is 6.92 Å². The highest BCUT2D eigenvalue weighted by atomic mass is 35.5. The summed E-state index contributed by atoms with van der Waals surface area (Å²) < 4.78 is 0. The zero-order valence-corrected chi connectivity index (χ0v) is 8.88. The molecular formula is C11H9ClN2O. The molecule has 0 unspecified atom stereocenters. The van der Waals surface area contributed by atoms with Crippen molar-refractivity contribution < 1.29 is 4.79 Å². The Morgan fingerprint density at radius 3 is 2.73 bits per heavy atom. The van der Waals surface area contributed by atoms with Gasteiger partial charge < -0.3 is 5.32 Å². The van der Waals surface area contributed by atoms with E-state index in [0.29, 0.717) is 16.3 Å². The van der Waals surface area contributed by atoms with Gasteiger partial charge in [0, 0.05) is 23.6 Å². The van der Waals surface area contributed by atoms with Gasteiger partial charge in [0.05, 0.1) is 11.8 Å². The molecule has 0 radical (unpaired) electrons. The van der Waals surface area contributed by atoms with E-state index in [9.17, 15) is 4.79 Å². The van der Waals surface area contributed by atoms with Crippen LogP contribution in [0.25, 0.3) is 5.70 Å². The SMILES string of the molecule is CC(=O)N/C(=C/C#N)c1ccccc1Cl. The Morgan fingerprint density at radius 1 is 1.53 bits per heavy atom. The normalized spacial score (nSPS) is 10.6. The third kappa shape index (κ3) is 3.12. The number of hydrogen-bond acceptors (Lipinski definition) is 2. The van der Waals surface area contributed by atoms with Crippen molar-refractivity contribution in [1.29, 1.82) is 5.26 Å². The van der Waals surface area contributed by atoms with Crippen LogP contribution in [0.2, 0.25) is 5.02 Å². The van der Waals surface area contributed by atoms with Crippen molar-refractivity contribution in [1.82, 2.24) is 5.32 Å². The minimum atomic E-state index is -0.239. The van der Waals surface area contributed by atoms with E-state index in [4.69, 9.17) is 16.9 Å². The van der Waals surface area contributed by atoms with Crippen molar-refractivity contribution >= 4 is 23.2 Å². The lowest BCUT2D eigenvalue weighted by molar-refractivity contribution is -0.117. The van der Waals surface area contributed by atoms with Gasteiger partial charge in [0.1, 0.15) is 0 Å². The summed E-state index contributed by atoms with van der Waals surface area (Å²) in [6.07, 6.45) is 1.25. The van der Waals surface area contributed by atoms with Crippen LogP contribution in [-0.2, 0) is 4.79 Å². The van der Waals surface area contributed by atoms with Gasteiger partial charge >= 0.3 is 0 Å². The van der Waals surface area contributed by atoms with Crippen LogP contribution in [0.3, 0.4) is 0 Å². The quantitative estimate of drug-likeness (QED) is 0.778. The van der Waals surface area contributed by atoms with E-state index < -0.39 is 0 Å². The van der Waals surface area contributed by atoms with Crippen LogP contribution in [0.15, 0.2) is 30.3 Å². The van der Waals surface area contributed by atoms with Gasteiger partial charge in [0.25, 0.3) is 0 Å². The number of nitrogens with one attached hydrogen (secondary N) is 1. The summed E-state index contributed by atoms with van der Waals surface area (Å²) in [6.45, 7) is 1.38. The molecule has 0 aliphatic heterocycles. The fraction of sp³-hybridized carbons (Fsp3) is 0.0909. The molecule has 0 aromatic heterocycles. The maximum Gasteiger partial charge on any atom is 0.221 e. The van der Waals surface area contributed by atoms with Crippen LogP contribution >= 0.6 is 11.6 Å². The summed E-state index contributed by atoms with van der Waals surface area (Å²) in [7, 11) is 0. The predicted octanol–water partition coefficient (Wildman–Crippen LogP) is 2.34. The third-order valence-corrected chi connectivity index (χ3v) is 2.01. The minimum absolute atomic E-state index is 0.239. The maximum atomic E-state index is 10.9. The van der Waals surface area contributed by atoms with Gasteiger partial charge in [-0.2, -0.15) is 5.26 Å². The molecule has 1 N–H and O–H groups in total. The third-order valence-electron chi connectivity index (χ3n) is 1.68. The van der Waals surface area contributed by atoms with Gasteiger partial charge in [-0.3, -0.25) is 4.79 Å². The Balaban J connectivity index is 3.12. The van der Waals surface area contributed by atoms with E-state index >= 15 is 0 Å². The average Bonchev–Trinajstić information content (AvgIpc) is 2.17. The Labute approximate surface area is 93.0 Å². The van der Waals surface area contributed by atoms with Gasteiger partial charge in [0.15, 0.2) is 0 Å². The molecule has 15 heavy (non-hydrogen) atoms. The Bertz CT molecular complexity index is 446. The number of benzene rings is 1. The molecule has 0 saturated carbocycles. The van der Waals surface area contributed by atoms with Crippen LogP contribution in [0.1, 0.15) is 12.5 Å². The summed E-state index contributed by atoms with van der Waals surface area (Å²) >= 11 is 5.94. The molecule has 0 bridgehead atoms. The van der Waals surface area contributed by atoms with E-state index in [2.05, 4.69) is 5.32 Å². The van der Waals surface area contributed by atoms with Crippen molar-refractivity contribution in [3.8, 4) is 6.07 Å². The molecule has 0 aliphatic carbocycles. The fourth-order valence-corrected chi connectivity index (χ4v) is 1.35. The van der Waals surface area contributed by atoms with Crippen molar-refractivity contribution in [3.63, 3.8) is 0 Å².